The lowest BCUT2D eigenvalue weighted by Crippen LogP contribution is -2.47. The van der Waals surface area contributed by atoms with Crippen LogP contribution in [0, 0.1) is 5.92 Å². The van der Waals surface area contributed by atoms with Crippen LogP contribution >= 0.6 is 0 Å². The van der Waals surface area contributed by atoms with E-state index in [1.807, 2.05) is 0 Å². The summed E-state index contributed by atoms with van der Waals surface area (Å²) < 4.78 is 0. The van der Waals surface area contributed by atoms with Crippen molar-refractivity contribution < 1.29 is 0 Å². The molecule has 2 atom stereocenters. The molecule has 1 heterocycles. The van der Waals surface area contributed by atoms with Crippen LogP contribution in [-0.2, 0) is 0 Å². The lowest BCUT2D eigenvalue weighted by Gasteiger charge is -2.31. The maximum atomic E-state index is 3.34. The third-order valence-electron chi connectivity index (χ3n) is 3.59. The number of nitrogens with one attached hydrogen (secondary N) is 1. The highest BCUT2D eigenvalue weighted by Crippen LogP contribution is 2.30. The van der Waals surface area contributed by atoms with Crippen LogP contribution in [0.15, 0.2) is 0 Å². The Labute approximate surface area is 93.8 Å². The van der Waals surface area contributed by atoms with E-state index in [1.54, 1.807) is 0 Å². The first kappa shape index (κ1) is 11.4. The Balaban J connectivity index is 2.01. The zero-order chi connectivity index (χ0) is 10.8. The summed E-state index contributed by atoms with van der Waals surface area (Å²) >= 11 is 0. The van der Waals surface area contributed by atoms with Crippen LogP contribution in [0.4, 0.5) is 0 Å². The molecule has 2 fully saturated rings. The van der Waals surface area contributed by atoms with Gasteiger partial charge in [-0.05, 0) is 32.9 Å². The van der Waals surface area contributed by atoms with Gasteiger partial charge in [0.1, 0.15) is 0 Å². The van der Waals surface area contributed by atoms with Gasteiger partial charge >= 0.3 is 0 Å². The predicted octanol–water partition coefficient (Wildman–Crippen LogP) is 0.620. The van der Waals surface area contributed by atoms with Gasteiger partial charge in [0.2, 0.25) is 0 Å². The van der Waals surface area contributed by atoms with Crippen LogP contribution in [0.25, 0.3) is 0 Å². The normalized spacial score (nSPS) is 35.4. The Morgan fingerprint density at radius 1 is 1.20 bits per heavy atom. The third kappa shape index (κ3) is 2.92. The molecule has 1 saturated carbocycles. The van der Waals surface area contributed by atoms with Crippen molar-refractivity contribution in [2.45, 2.75) is 31.8 Å². The summed E-state index contributed by atoms with van der Waals surface area (Å²) in [5, 5.41) is 3.34. The summed E-state index contributed by atoms with van der Waals surface area (Å²) in [5.41, 5.74) is 0. The van der Waals surface area contributed by atoms with E-state index in [1.165, 1.54) is 32.5 Å². The van der Waals surface area contributed by atoms with Crippen molar-refractivity contribution in [1.29, 1.82) is 0 Å². The summed E-state index contributed by atoms with van der Waals surface area (Å²) in [6.45, 7) is 7.29. The second kappa shape index (κ2) is 4.81. The monoisotopic (exact) mass is 211 g/mol. The van der Waals surface area contributed by atoms with Crippen molar-refractivity contribution in [3.05, 3.63) is 0 Å². The van der Waals surface area contributed by atoms with Crippen molar-refractivity contribution in [2.24, 2.45) is 5.92 Å². The van der Waals surface area contributed by atoms with Gasteiger partial charge in [-0.1, -0.05) is 6.92 Å². The Kier molecular flexibility index (Phi) is 3.65. The van der Waals surface area contributed by atoms with Crippen LogP contribution in [0.5, 0.6) is 0 Å². The maximum absolute atomic E-state index is 3.34. The Bertz CT molecular complexity index is 203. The van der Waals surface area contributed by atoms with E-state index in [4.69, 9.17) is 0 Å². The van der Waals surface area contributed by atoms with Crippen LogP contribution in [-0.4, -0.2) is 62.2 Å². The van der Waals surface area contributed by atoms with Crippen LogP contribution < -0.4 is 5.32 Å². The first-order chi connectivity index (χ1) is 7.20. The average molecular weight is 211 g/mol. The molecule has 2 aliphatic rings. The van der Waals surface area contributed by atoms with Gasteiger partial charge < -0.3 is 10.2 Å². The summed E-state index contributed by atoms with van der Waals surface area (Å²) in [6.07, 6.45) is 2.85. The van der Waals surface area contributed by atoms with Gasteiger partial charge in [0.25, 0.3) is 0 Å². The second-order valence-corrected chi connectivity index (χ2v) is 5.47. The van der Waals surface area contributed by atoms with Gasteiger partial charge in [-0.3, -0.25) is 4.90 Å². The zero-order valence-corrected chi connectivity index (χ0v) is 10.4. The zero-order valence-electron chi connectivity index (χ0n) is 10.4. The minimum absolute atomic E-state index is 0.720. The van der Waals surface area contributed by atoms with E-state index in [-0.39, 0.29) is 0 Å². The van der Waals surface area contributed by atoms with Gasteiger partial charge in [-0.2, -0.15) is 0 Å². The molecule has 1 N–H and O–H groups in total. The third-order valence-corrected chi connectivity index (χ3v) is 3.59. The first-order valence-corrected chi connectivity index (χ1v) is 6.29. The molecular weight excluding hydrogens is 186 g/mol. The van der Waals surface area contributed by atoms with E-state index in [0.29, 0.717) is 0 Å². The molecular formula is C12H25N3. The Morgan fingerprint density at radius 2 is 1.93 bits per heavy atom. The summed E-state index contributed by atoms with van der Waals surface area (Å²) in [5.74, 6) is 0.817. The van der Waals surface area contributed by atoms with Gasteiger partial charge in [0.15, 0.2) is 0 Å². The largest absolute Gasteiger partial charge is 0.318 e. The van der Waals surface area contributed by atoms with Gasteiger partial charge in [-0.25, -0.2) is 0 Å². The van der Waals surface area contributed by atoms with Crippen LogP contribution in [0.2, 0.25) is 0 Å². The molecule has 2 rings (SSSR count). The number of hydrogen-bond acceptors (Lipinski definition) is 3. The molecule has 88 valence electrons. The van der Waals surface area contributed by atoms with E-state index in [9.17, 15) is 0 Å². The number of hydrogen-bond donors (Lipinski definition) is 1. The minimum Gasteiger partial charge on any atom is -0.318 e. The molecule has 1 aliphatic carbocycles. The van der Waals surface area contributed by atoms with Gasteiger partial charge in [0.05, 0.1) is 0 Å². The van der Waals surface area contributed by atoms with E-state index < -0.39 is 0 Å². The molecule has 0 aromatic carbocycles. The Hall–Kier alpha value is -0.120. The van der Waals surface area contributed by atoms with Crippen molar-refractivity contribution in [3.8, 4) is 0 Å². The molecule has 3 heteroatoms. The predicted molar refractivity (Wildman–Crippen MR) is 64.1 cm³/mol. The summed E-state index contributed by atoms with van der Waals surface area (Å²) in [6, 6.07) is 1.62. The van der Waals surface area contributed by atoms with E-state index in [0.717, 1.165) is 24.5 Å². The molecule has 0 amide bonds. The molecule has 0 bridgehead atoms. The second-order valence-electron chi connectivity index (χ2n) is 5.47. The average Bonchev–Trinajstić information content (AvgIpc) is 2.95. The highest BCUT2D eigenvalue weighted by atomic mass is 15.3. The fourth-order valence-corrected chi connectivity index (χ4v) is 2.91. The fourth-order valence-electron chi connectivity index (χ4n) is 2.91. The van der Waals surface area contributed by atoms with E-state index >= 15 is 0 Å². The molecule has 2 unspecified atom stereocenters. The van der Waals surface area contributed by atoms with Crippen molar-refractivity contribution in [3.63, 3.8) is 0 Å². The molecule has 3 nitrogen and oxygen atoms in total. The Morgan fingerprint density at radius 3 is 2.53 bits per heavy atom. The molecule has 0 spiro atoms. The lowest BCUT2D eigenvalue weighted by atomic mass is 10.1. The van der Waals surface area contributed by atoms with Crippen molar-refractivity contribution in [1.82, 2.24) is 15.1 Å². The number of nitrogens with zero attached hydrogens (tertiary/aromatic N) is 2. The standard InChI is InChI=1S/C12H25N3/c1-10-7-14(3)9-12(6-13-2)15(8-10)11-4-5-11/h10-13H,4-9H2,1-3H3. The first-order valence-electron chi connectivity index (χ1n) is 6.29. The van der Waals surface area contributed by atoms with Crippen LogP contribution in [0.3, 0.4) is 0 Å². The smallest absolute Gasteiger partial charge is 0.0350 e. The molecule has 0 aromatic heterocycles. The number of likely N-dealkylation sites (N-methyl/N-ethyl adjacent to an activating group) is 2. The maximum Gasteiger partial charge on any atom is 0.0350 e. The molecule has 1 saturated heterocycles. The minimum atomic E-state index is 0.720. The molecule has 15 heavy (non-hydrogen) atoms. The molecule has 0 radical (unpaired) electrons. The SMILES string of the molecule is CNCC1CN(C)CC(C)CN1C1CC1. The van der Waals surface area contributed by atoms with Gasteiger partial charge in [-0.15, -0.1) is 0 Å². The number of rotatable bonds is 3. The topological polar surface area (TPSA) is 18.5 Å². The lowest BCUT2D eigenvalue weighted by molar-refractivity contribution is 0.171. The fraction of sp³-hybridized carbons (Fsp3) is 1.00. The van der Waals surface area contributed by atoms with Crippen molar-refractivity contribution >= 4 is 0 Å². The summed E-state index contributed by atoms with van der Waals surface area (Å²) in [4.78, 5) is 5.25. The van der Waals surface area contributed by atoms with E-state index in [2.05, 4.69) is 36.1 Å². The summed E-state index contributed by atoms with van der Waals surface area (Å²) in [7, 11) is 4.33. The highest BCUT2D eigenvalue weighted by Gasteiger charge is 2.36. The van der Waals surface area contributed by atoms with Crippen LogP contribution in [0.1, 0.15) is 19.8 Å². The molecule has 0 aromatic rings. The highest BCUT2D eigenvalue weighted by molar-refractivity contribution is 4.93. The molecule has 1 aliphatic heterocycles. The van der Waals surface area contributed by atoms with Crippen molar-refractivity contribution in [2.75, 3.05) is 40.3 Å². The van der Waals surface area contributed by atoms with Gasteiger partial charge in [0, 0.05) is 38.3 Å². The quantitative estimate of drug-likeness (QED) is 0.738.